The van der Waals surface area contributed by atoms with E-state index in [4.69, 9.17) is 0 Å². The molecule has 0 aromatic heterocycles. The molecule has 0 bridgehead atoms. The third-order valence-corrected chi connectivity index (χ3v) is 9.19. The zero-order valence-electron chi connectivity index (χ0n) is 16.5. The summed E-state index contributed by atoms with van der Waals surface area (Å²) in [5, 5.41) is 4.95. The number of benzene rings is 2. The van der Waals surface area contributed by atoms with E-state index < -0.39 is 16.8 Å². The van der Waals surface area contributed by atoms with E-state index in [2.05, 4.69) is 90.6 Å². The molecule has 130 valence electrons. The van der Waals surface area contributed by atoms with Crippen molar-refractivity contribution in [3.05, 3.63) is 53.6 Å². The molecule has 0 spiro atoms. The fourth-order valence-electron chi connectivity index (χ4n) is 3.75. The molecule has 0 amide bonds. The van der Waals surface area contributed by atoms with Gasteiger partial charge in [-0.15, -0.1) is 0 Å². The molecule has 2 aromatic rings. The van der Waals surface area contributed by atoms with Gasteiger partial charge in [-0.05, 0) is 0 Å². The molecule has 24 heavy (non-hydrogen) atoms. The van der Waals surface area contributed by atoms with E-state index in [0.29, 0.717) is 9.52 Å². The van der Waals surface area contributed by atoms with Crippen LogP contribution in [0.3, 0.4) is 0 Å². The van der Waals surface area contributed by atoms with Crippen molar-refractivity contribution < 1.29 is 16.8 Å². The smallest absolute Gasteiger partial charge is 0.0135 e. The first-order valence-corrected chi connectivity index (χ1v) is 16.7. The molecule has 0 atom stereocenters. The normalized spacial score (nSPS) is 13.0. The summed E-state index contributed by atoms with van der Waals surface area (Å²) in [6.45, 7) is 11.4. The van der Waals surface area contributed by atoms with E-state index in [1.807, 2.05) is 0 Å². The Bertz CT molecular complexity index is 701. The van der Waals surface area contributed by atoms with Crippen LogP contribution in [0.15, 0.2) is 42.5 Å². The molecule has 3 heteroatoms. The number of rotatable bonds is 2. The largest absolute Gasteiger partial charge is 0.0750 e. The number of hydrogen-bond acceptors (Lipinski definition) is 1. The summed E-state index contributed by atoms with van der Waals surface area (Å²) in [4.78, 5) is 0. The summed E-state index contributed by atoms with van der Waals surface area (Å²) in [5.41, 5.74) is 6.12. The summed E-state index contributed by atoms with van der Waals surface area (Å²) >= 11 is -2.23. The van der Waals surface area contributed by atoms with Crippen LogP contribution in [0.25, 0.3) is 11.1 Å². The fraction of sp³-hybridized carbons (Fsp3) is 0.429. The van der Waals surface area contributed by atoms with Crippen molar-refractivity contribution in [3.8, 4) is 11.1 Å². The molecule has 2 aromatic carbocycles. The Morgan fingerprint density at radius 1 is 0.917 bits per heavy atom. The van der Waals surface area contributed by atoms with Gasteiger partial charge in [0.25, 0.3) is 0 Å². The Hall–Kier alpha value is -0.669. The average Bonchev–Trinajstić information content (AvgIpc) is 2.84. The number of hydrogen-bond donors (Lipinski definition) is 1. The summed E-state index contributed by atoms with van der Waals surface area (Å²) in [5.74, 6) is 0. The van der Waals surface area contributed by atoms with Gasteiger partial charge in [-0.2, -0.15) is 0 Å². The van der Waals surface area contributed by atoms with Gasteiger partial charge in [0.2, 0.25) is 0 Å². The summed E-state index contributed by atoms with van der Waals surface area (Å²) in [6, 6.07) is 15.8. The summed E-state index contributed by atoms with van der Waals surface area (Å²) < 4.78 is 5.57. The topological polar surface area (TPSA) is 12.0 Å². The fourth-order valence-corrected chi connectivity index (χ4v) is 9.21. The Balaban J connectivity index is 0.000000647. The van der Waals surface area contributed by atoms with Gasteiger partial charge >= 0.3 is 132 Å². The van der Waals surface area contributed by atoms with Gasteiger partial charge in [-0.1, -0.05) is 13.1 Å². The van der Waals surface area contributed by atoms with Crippen LogP contribution in [0.5, 0.6) is 0 Å². The molecular formula is C21H33NSiTi. The zero-order valence-corrected chi connectivity index (χ0v) is 19.4. The zero-order chi connectivity index (χ0) is 18.0. The van der Waals surface area contributed by atoms with Gasteiger partial charge in [0.1, 0.15) is 0 Å². The molecule has 0 fully saturated rings. The molecule has 0 saturated heterocycles. The van der Waals surface area contributed by atoms with Crippen molar-refractivity contribution in [2.45, 2.75) is 56.3 Å². The van der Waals surface area contributed by atoms with E-state index in [-0.39, 0.29) is 5.54 Å². The van der Waals surface area contributed by atoms with Gasteiger partial charge < -0.3 is 0 Å². The molecule has 0 heterocycles. The van der Waals surface area contributed by atoms with Gasteiger partial charge in [0, 0.05) is 9.52 Å². The van der Waals surface area contributed by atoms with Gasteiger partial charge in [-0.3, -0.25) is 0 Å². The van der Waals surface area contributed by atoms with E-state index in [1.54, 1.807) is 9.43 Å². The average molecular weight is 375 g/mol. The summed E-state index contributed by atoms with van der Waals surface area (Å²) in [7, 11) is 0.417. The Labute approximate surface area is 154 Å². The van der Waals surface area contributed by atoms with E-state index in [0.717, 1.165) is 6.42 Å². The van der Waals surface area contributed by atoms with E-state index in [9.17, 15) is 0 Å². The standard InChI is InChI=1S/C13H9.C4H10N.C2H8Si.2CH3.Ti/c1-3-7-12-10(5-1)9-11-6-2-4-8-13(11)12;1-4(2,3)5;1-3-2;;;/h1-5,7-8H,9H2;5H,1-3H3;3H2,1-2H3;2*1H3;/q;-1;;;;+1. The minimum atomic E-state index is -2.23. The first-order valence-electron chi connectivity index (χ1n) is 9.19. The van der Waals surface area contributed by atoms with Crippen LogP contribution in [0.2, 0.25) is 23.6 Å². The quantitative estimate of drug-likeness (QED) is 0.641. The molecular weight excluding hydrogens is 342 g/mol. The SMILES string of the molecule is CC(C)(C)[NH][Ti]([CH3])([CH3])[c]1cccc2c1Cc1ccccc1-2.C[SiH2]C. The van der Waals surface area contributed by atoms with Gasteiger partial charge in [0.05, 0.1) is 0 Å². The Morgan fingerprint density at radius 2 is 1.50 bits per heavy atom. The van der Waals surface area contributed by atoms with Crippen LogP contribution >= 0.6 is 0 Å². The van der Waals surface area contributed by atoms with Crippen LogP contribution in [0, 0.1) is 0 Å². The van der Waals surface area contributed by atoms with Crippen molar-refractivity contribution in [3.63, 3.8) is 0 Å². The molecule has 3 rings (SSSR count). The Morgan fingerprint density at radius 3 is 2.12 bits per heavy atom. The summed E-state index contributed by atoms with van der Waals surface area (Å²) in [6.07, 6.45) is 1.10. The molecule has 0 unspecified atom stereocenters. The number of nitrogens with one attached hydrogen (secondary N) is 1. The van der Waals surface area contributed by atoms with Crippen molar-refractivity contribution in [2.24, 2.45) is 0 Å². The van der Waals surface area contributed by atoms with Crippen LogP contribution in [0.1, 0.15) is 31.9 Å². The second-order valence-corrected chi connectivity index (χ2v) is 16.1. The van der Waals surface area contributed by atoms with Crippen molar-refractivity contribution >= 4 is 13.4 Å². The van der Waals surface area contributed by atoms with Crippen LogP contribution in [-0.2, 0) is 23.3 Å². The first-order chi connectivity index (χ1) is 11.2. The monoisotopic (exact) mass is 375 g/mol. The second-order valence-electron chi connectivity index (χ2n) is 8.37. The predicted octanol–water partition coefficient (Wildman–Crippen LogP) is 4.69. The van der Waals surface area contributed by atoms with Crippen LogP contribution < -0.4 is 7.67 Å². The van der Waals surface area contributed by atoms with E-state index in [1.165, 1.54) is 16.7 Å². The van der Waals surface area contributed by atoms with Crippen molar-refractivity contribution in [1.82, 2.24) is 3.80 Å². The number of fused-ring (bicyclic) bond motifs is 3. The predicted molar refractivity (Wildman–Crippen MR) is 109 cm³/mol. The van der Waals surface area contributed by atoms with Crippen LogP contribution in [-0.4, -0.2) is 15.1 Å². The molecule has 0 saturated carbocycles. The molecule has 0 aliphatic heterocycles. The van der Waals surface area contributed by atoms with Gasteiger partial charge in [0.15, 0.2) is 0 Å². The molecule has 0 radical (unpaired) electrons. The first kappa shape index (κ1) is 19.7. The maximum Gasteiger partial charge on any atom is 0.0135 e. The third kappa shape index (κ3) is 4.49. The second kappa shape index (κ2) is 7.70. The molecule has 1 N–H and O–H groups in total. The van der Waals surface area contributed by atoms with Gasteiger partial charge in [-0.25, -0.2) is 0 Å². The Kier molecular flexibility index (Phi) is 6.30. The van der Waals surface area contributed by atoms with Crippen LogP contribution in [0.4, 0.5) is 0 Å². The molecule has 1 nitrogen and oxygen atoms in total. The minimum Gasteiger partial charge on any atom is -0.0750 e. The molecule has 1 aliphatic carbocycles. The van der Waals surface area contributed by atoms with E-state index >= 15 is 0 Å². The maximum absolute atomic E-state index is 3.96. The third-order valence-electron chi connectivity index (χ3n) is 4.21. The minimum absolute atomic E-state index is 0.178. The molecule has 1 aliphatic rings. The maximum atomic E-state index is 3.96. The van der Waals surface area contributed by atoms with Crippen molar-refractivity contribution in [1.29, 1.82) is 0 Å². The van der Waals surface area contributed by atoms with Crippen molar-refractivity contribution in [2.75, 3.05) is 0 Å².